The van der Waals surface area contributed by atoms with Gasteiger partial charge in [0.05, 0.1) is 11.2 Å². The molecule has 1 fully saturated rings. The van der Waals surface area contributed by atoms with E-state index in [4.69, 9.17) is 17.3 Å². The molecular formula is C15H19ClN6O3S. The first kappa shape index (κ1) is 18.6. The van der Waals surface area contributed by atoms with Crippen molar-refractivity contribution in [1.29, 1.82) is 0 Å². The maximum absolute atomic E-state index is 12.8. The van der Waals surface area contributed by atoms with E-state index in [9.17, 15) is 13.2 Å². The molecule has 1 aliphatic heterocycles. The van der Waals surface area contributed by atoms with Crippen molar-refractivity contribution in [1.82, 2.24) is 19.5 Å². The van der Waals surface area contributed by atoms with Crippen LogP contribution in [-0.2, 0) is 21.4 Å². The van der Waals surface area contributed by atoms with Gasteiger partial charge in [-0.1, -0.05) is 11.6 Å². The molecule has 0 aliphatic carbocycles. The average molecular weight is 399 g/mol. The number of carbonyl (C=O) groups is 1. The molecule has 2 aromatic heterocycles. The van der Waals surface area contributed by atoms with Crippen molar-refractivity contribution in [3.05, 3.63) is 29.5 Å². The van der Waals surface area contributed by atoms with Crippen molar-refractivity contribution in [3.63, 3.8) is 0 Å². The Bertz CT molecular complexity index is 929. The van der Waals surface area contributed by atoms with Gasteiger partial charge < -0.3 is 5.73 Å². The summed E-state index contributed by atoms with van der Waals surface area (Å²) in [5.41, 5.74) is 5.66. The van der Waals surface area contributed by atoms with E-state index in [2.05, 4.69) is 14.8 Å². The van der Waals surface area contributed by atoms with Crippen LogP contribution in [-0.4, -0.2) is 41.7 Å². The number of nitrogens with one attached hydrogen (secondary N) is 1. The average Bonchev–Trinajstić information content (AvgIpc) is 3.07. The van der Waals surface area contributed by atoms with Crippen LogP contribution >= 0.6 is 11.6 Å². The number of nitrogens with two attached hydrogens (primary N) is 1. The highest BCUT2D eigenvalue weighted by Gasteiger charge is 2.35. The van der Waals surface area contributed by atoms with Crippen molar-refractivity contribution >= 4 is 39.2 Å². The lowest BCUT2D eigenvalue weighted by Gasteiger charge is -2.32. The summed E-state index contributed by atoms with van der Waals surface area (Å²) in [5, 5.41) is 4.30. The standard InChI is InChI=1S/C15H19ClN6O3S/c1-2-22-13(5-6-19-22)21-7-3-4-11(15(21)23)20-26(24,25)12-8-10(16)9-18-14(12)17/h5-6,8-9,11,20H,2-4,7H2,1H3,(H2,17,18)/t11-/m0/s1. The van der Waals surface area contributed by atoms with Crippen LogP contribution in [0.25, 0.3) is 0 Å². The lowest BCUT2D eigenvalue weighted by Crippen LogP contribution is -2.52. The number of aromatic nitrogens is 3. The van der Waals surface area contributed by atoms with E-state index >= 15 is 0 Å². The molecule has 0 aromatic carbocycles. The van der Waals surface area contributed by atoms with Gasteiger partial charge in [0.15, 0.2) is 0 Å². The zero-order valence-corrected chi connectivity index (χ0v) is 15.7. The summed E-state index contributed by atoms with van der Waals surface area (Å²) in [6.45, 7) is 3.02. The Morgan fingerprint density at radius 1 is 1.46 bits per heavy atom. The number of hydrogen-bond donors (Lipinski definition) is 2. The second-order valence-electron chi connectivity index (χ2n) is 5.85. The number of anilines is 2. The number of carbonyl (C=O) groups excluding carboxylic acids is 1. The molecule has 1 amide bonds. The molecule has 0 bridgehead atoms. The maximum atomic E-state index is 12.8. The van der Waals surface area contributed by atoms with Crippen molar-refractivity contribution < 1.29 is 13.2 Å². The zero-order valence-electron chi connectivity index (χ0n) is 14.1. The lowest BCUT2D eigenvalue weighted by molar-refractivity contribution is -0.121. The summed E-state index contributed by atoms with van der Waals surface area (Å²) in [7, 11) is -4.05. The molecule has 140 valence electrons. The first-order valence-corrected chi connectivity index (χ1v) is 9.96. The SMILES string of the molecule is CCn1nccc1N1CCC[C@H](NS(=O)(=O)c2cc(Cl)cnc2N)C1=O. The minimum Gasteiger partial charge on any atom is -0.383 e. The largest absolute Gasteiger partial charge is 0.383 e. The van der Waals surface area contributed by atoms with Gasteiger partial charge in [0, 0.05) is 25.4 Å². The zero-order chi connectivity index (χ0) is 18.9. The van der Waals surface area contributed by atoms with Crippen LogP contribution < -0.4 is 15.4 Å². The van der Waals surface area contributed by atoms with Crippen LogP contribution in [0.5, 0.6) is 0 Å². The van der Waals surface area contributed by atoms with E-state index in [1.165, 1.54) is 12.3 Å². The Morgan fingerprint density at radius 2 is 2.23 bits per heavy atom. The topological polar surface area (TPSA) is 123 Å². The third-order valence-electron chi connectivity index (χ3n) is 4.14. The molecule has 1 saturated heterocycles. The molecule has 0 saturated carbocycles. The maximum Gasteiger partial charge on any atom is 0.246 e. The van der Waals surface area contributed by atoms with Crippen molar-refractivity contribution in [2.75, 3.05) is 17.2 Å². The lowest BCUT2D eigenvalue weighted by atomic mass is 10.1. The van der Waals surface area contributed by atoms with Crippen LogP contribution in [0.3, 0.4) is 0 Å². The molecule has 0 spiro atoms. The molecule has 3 heterocycles. The smallest absolute Gasteiger partial charge is 0.246 e. The van der Waals surface area contributed by atoms with E-state index in [1.807, 2.05) is 6.92 Å². The summed E-state index contributed by atoms with van der Waals surface area (Å²) < 4.78 is 29.4. The van der Waals surface area contributed by atoms with Gasteiger partial charge in [-0.05, 0) is 25.8 Å². The van der Waals surface area contributed by atoms with Crippen LogP contribution in [0.4, 0.5) is 11.6 Å². The molecule has 2 aromatic rings. The number of nitrogen functional groups attached to an aromatic ring is 1. The second kappa shape index (κ2) is 7.22. The first-order chi connectivity index (χ1) is 12.3. The Labute approximate surface area is 156 Å². The number of halogens is 1. The fraction of sp³-hybridized carbons (Fsp3) is 0.400. The third-order valence-corrected chi connectivity index (χ3v) is 5.85. The molecule has 11 heteroatoms. The van der Waals surface area contributed by atoms with Crippen LogP contribution in [0, 0.1) is 0 Å². The molecule has 9 nitrogen and oxygen atoms in total. The van der Waals surface area contributed by atoms with E-state index < -0.39 is 16.1 Å². The minimum atomic E-state index is -4.05. The number of amides is 1. The Morgan fingerprint density at radius 3 is 2.96 bits per heavy atom. The summed E-state index contributed by atoms with van der Waals surface area (Å²) >= 11 is 5.82. The normalized spacial score (nSPS) is 18.3. The Kier molecular flexibility index (Phi) is 5.17. The number of rotatable bonds is 5. The fourth-order valence-corrected chi connectivity index (χ4v) is 4.46. The quantitative estimate of drug-likeness (QED) is 0.774. The summed E-state index contributed by atoms with van der Waals surface area (Å²) in [5.74, 6) is 0.139. The van der Waals surface area contributed by atoms with Gasteiger partial charge in [-0.25, -0.2) is 18.1 Å². The van der Waals surface area contributed by atoms with Crippen LogP contribution in [0.1, 0.15) is 19.8 Å². The predicted octanol–water partition coefficient (Wildman–Crippen LogP) is 1.01. The van der Waals surface area contributed by atoms with Crippen molar-refractivity contribution in [2.45, 2.75) is 37.2 Å². The second-order valence-corrected chi connectivity index (χ2v) is 7.97. The molecular weight excluding hydrogens is 380 g/mol. The van der Waals surface area contributed by atoms with Gasteiger partial charge in [-0.3, -0.25) is 9.69 Å². The third kappa shape index (κ3) is 3.53. The molecule has 1 aliphatic rings. The number of sulfonamides is 1. The molecule has 0 unspecified atom stereocenters. The van der Waals surface area contributed by atoms with E-state index in [0.717, 1.165) is 0 Å². The van der Waals surface area contributed by atoms with Gasteiger partial charge in [0.2, 0.25) is 15.9 Å². The van der Waals surface area contributed by atoms with E-state index in [-0.39, 0.29) is 21.6 Å². The van der Waals surface area contributed by atoms with E-state index in [0.29, 0.717) is 31.7 Å². The molecule has 3 rings (SSSR count). The van der Waals surface area contributed by atoms with Gasteiger partial charge in [0.1, 0.15) is 22.6 Å². The fourth-order valence-electron chi connectivity index (χ4n) is 2.91. The summed E-state index contributed by atoms with van der Waals surface area (Å²) in [6, 6.07) is 2.05. The number of pyridine rings is 1. The summed E-state index contributed by atoms with van der Waals surface area (Å²) in [4.78, 5) is 17.9. The van der Waals surface area contributed by atoms with Gasteiger partial charge in [-0.15, -0.1) is 0 Å². The predicted molar refractivity (Wildman–Crippen MR) is 97.3 cm³/mol. The Balaban J connectivity index is 1.85. The highest BCUT2D eigenvalue weighted by molar-refractivity contribution is 7.89. The highest BCUT2D eigenvalue weighted by atomic mass is 35.5. The van der Waals surface area contributed by atoms with Gasteiger partial charge in [0.25, 0.3) is 0 Å². The number of hydrogen-bond acceptors (Lipinski definition) is 6. The molecule has 26 heavy (non-hydrogen) atoms. The van der Waals surface area contributed by atoms with Gasteiger partial charge >= 0.3 is 0 Å². The van der Waals surface area contributed by atoms with Crippen LogP contribution in [0.2, 0.25) is 5.02 Å². The minimum absolute atomic E-state index is 0.142. The number of piperidine rings is 1. The molecule has 1 atom stereocenters. The Hall–Kier alpha value is -2.17. The number of aryl methyl sites for hydroxylation is 1. The van der Waals surface area contributed by atoms with Crippen molar-refractivity contribution in [2.24, 2.45) is 0 Å². The van der Waals surface area contributed by atoms with Crippen LogP contribution in [0.15, 0.2) is 29.4 Å². The van der Waals surface area contributed by atoms with Crippen molar-refractivity contribution in [3.8, 4) is 0 Å². The molecule has 3 N–H and O–H groups in total. The molecule has 0 radical (unpaired) electrons. The van der Waals surface area contributed by atoms with Gasteiger partial charge in [-0.2, -0.15) is 9.82 Å². The number of nitrogens with zero attached hydrogens (tertiary/aromatic N) is 4. The monoisotopic (exact) mass is 398 g/mol. The summed E-state index contributed by atoms with van der Waals surface area (Å²) in [6.07, 6.45) is 3.91. The highest BCUT2D eigenvalue weighted by Crippen LogP contribution is 2.24. The first-order valence-electron chi connectivity index (χ1n) is 8.10. The van der Waals surface area contributed by atoms with E-state index in [1.54, 1.807) is 21.8 Å².